The van der Waals surface area contributed by atoms with Crippen molar-refractivity contribution < 1.29 is 30.0 Å². The van der Waals surface area contributed by atoms with Gasteiger partial charge in [-0.15, -0.1) is 0 Å². The summed E-state index contributed by atoms with van der Waals surface area (Å²) in [4.78, 5) is 23.9. The molecule has 0 heterocycles. The molecule has 0 saturated heterocycles. The van der Waals surface area contributed by atoms with E-state index < -0.39 is 23.4 Å². The fourth-order valence-electron chi connectivity index (χ4n) is 12.3. The lowest BCUT2D eigenvalue weighted by Gasteiger charge is -2.61. The number of benzene rings is 2. The predicted molar refractivity (Wildman–Crippen MR) is 218 cm³/mol. The summed E-state index contributed by atoms with van der Waals surface area (Å²) in [5, 5.41) is 40.0. The van der Waals surface area contributed by atoms with Crippen LogP contribution in [0.3, 0.4) is 0 Å². The summed E-state index contributed by atoms with van der Waals surface area (Å²) < 4.78 is 0. The third-order valence-corrected chi connectivity index (χ3v) is 15.7. The van der Waals surface area contributed by atoms with Crippen LogP contribution in [0.5, 0.6) is 11.5 Å². The van der Waals surface area contributed by atoms with E-state index >= 15 is 0 Å². The van der Waals surface area contributed by atoms with E-state index in [0.29, 0.717) is 39.9 Å². The van der Waals surface area contributed by atoms with Gasteiger partial charge >= 0.3 is 11.9 Å². The van der Waals surface area contributed by atoms with Crippen molar-refractivity contribution in [2.75, 3.05) is 0 Å². The predicted octanol–water partition coefficient (Wildman–Crippen LogP) is 12.9. The lowest BCUT2D eigenvalue weighted by Crippen LogP contribution is -2.53. The molecule has 2 aromatic carbocycles. The molecule has 4 fully saturated rings. The third-order valence-electron chi connectivity index (χ3n) is 15.1. The van der Waals surface area contributed by atoms with Gasteiger partial charge in [0.05, 0.1) is 10.0 Å². The van der Waals surface area contributed by atoms with Gasteiger partial charge in [0.25, 0.3) is 0 Å². The Balaban J connectivity index is 0.00000561. The number of aromatic carboxylic acids is 2. The quantitative estimate of drug-likeness (QED) is 0.144. The molecule has 6 rings (SSSR count). The van der Waals surface area contributed by atoms with Crippen LogP contribution < -0.4 is 6.15 Å². The first-order valence-electron chi connectivity index (χ1n) is 20.3. The van der Waals surface area contributed by atoms with Crippen molar-refractivity contribution in [2.45, 2.75) is 125 Å². The molecule has 0 unspecified atom stereocenters. The van der Waals surface area contributed by atoms with Crippen molar-refractivity contribution in [2.24, 2.45) is 58.2 Å². The van der Waals surface area contributed by atoms with Crippen LogP contribution in [0.4, 0.5) is 0 Å². The zero-order valence-corrected chi connectivity index (χ0v) is 34.5. The summed E-state index contributed by atoms with van der Waals surface area (Å²) in [6.07, 6.45) is 19.8. The molecule has 0 bridgehead atoms. The Kier molecular flexibility index (Phi) is 13.2. The van der Waals surface area contributed by atoms with Crippen LogP contribution in [0.15, 0.2) is 30.3 Å². The van der Waals surface area contributed by atoms with Gasteiger partial charge in [-0.3, -0.25) is 0 Å². The van der Waals surface area contributed by atoms with Crippen molar-refractivity contribution in [3.05, 3.63) is 62.6 Å². The number of carbonyl (C=O) groups is 2. The molecule has 7 nitrogen and oxygen atoms in total. The first-order chi connectivity index (χ1) is 25.0. The number of hydrogen-bond acceptors (Lipinski definition) is 5. The molecule has 4 aliphatic rings. The molecule has 9 heteroatoms. The maximum Gasteiger partial charge on any atom is 0.339 e. The third kappa shape index (κ3) is 8.07. The van der Waals surface area contributed by atoms with Crippen LogP contribution in [-0.4, -0.2) is 32.4 Å². The second kappa shape index (κ2) is 16.8. The summed E-state index contributed by atoms with van der Waals surface area (Å²) in [7, 11) is 0. The number of carboxylic acid groups (broad SMARTS) is 2. The van der Waals surface area contributed by atoms with E-state index in [1.165, 1.54) is 101 Å². The Bertz CT molecular complexity index is 1670. The van der Waals surface area contributed by atoms with Crippen LogP contribution in [-0.2, 0) is 0 Å². The molecule has 54 heavy (non-hydrogen) atoms. The SMILES string of the molecule is CC(C)CCC[C@@H](C)[C@H]1CC[C@H]2[C@@H]3CC[C@H]4C[C@@H](CCC=C(c5cc(Cl)c(O)c(C(=O)O)c5)c5cc(Cl)c(O)c(C(=O)O)c5)CC[C@]4(C)[C@H]3CC[C@]12C.N. The van der Waals surface area contributed by atoms with Gasteiger partial charge in [0.15, 0.2) is 0 Å². The second-order valence-corrected chi connectivity index (χ2v) is 19.2. The lowest BCUT2D eigenvalue weighted by molar-refractivity contribution is -0.121. The highest BCUT2D eigenvalue weighted by Crippen LogP contribution is 2.69. The van der Waals surface area contributed by atoms with E-state index in [0.717, 1.165) is 47.8 Å². The molecule has 298 valence electrons. The largest absolute Gasteiger partial charge is 0.505 e. The zero-order valence-electron chi connectivity index (χ0n) is 33.0. The van der Waals surface area contributed by atoms with Crippen molar-refractivity contribution in [3.63, 3.8) is 0 Å². The summed E-state index contributed by atoms with van der Waals surface area (Å²) >= 11 is 12.6. The Hall–Kier alpha value is -2.74. The molecule has 0 aliphatic heterocycles. The first kappa shape index (κ1) is 42.4. The summed E-state index contributed by atoms with van der Waals surface area (Å²) in [5.74, 6) is 2.64. The van der Waals surface area contributed by atoms with Crippen molar-refractivity contribution in [3.8, 4) is 11.5 Å². The summed E-state index contributed by atoms with van der Waals surface area (Å²) in [5.41, 5.74) is 1.58. The average Bonchev–Trinajstić information content (AvgIpc) is 3.46. The van der Waals surface area contributed by atoms with Crippen molar-refractivity contribution in [1.29, 1.82) is 0 Å². The minimum absolute atomic E-state index is 0. The number of carboxylic acids is 2. The highest BCUT2D eigenvalue weighted by atomic mass is 35.5. The minimum atomic E-state index is -1.33. The fraction of sp³-hybridized carbons (Fsp3) is 0.644. The van der Waals surface area contributed by atoms with E-state index in [2.05, 4.69) is 34.6 Å². The molecule has 0 aromatic heterocycles. The van der Waals surface area contributed by atoms with Gasteiger partial charge in [-0.1, -0.05) is 83.2 Å². The Morgan fingerprint density at radius 3 is 1.94 bits per heavy atom. The van der Waals surface area contributed by atoms with Gasteiger partial charge < -0.3 is 26.6 Å². The maximum atomic E-state index is 12.0. The van der Waals surface area contributed by atoms with Gasteiger partial charge in [0.1, 0.15) is 22.6 Å². The number of halogens is 2. The Morgan fingerprint density at radius 1 is 0.796 bits per heavy atom. The number of rotatable bonds is 12. The van der Waals surface area contributed by atoms with Crippen LogP contribution in [0.1, 0.15) is 156 Å². The Morgan fingerprint density at radius 2 is 1.37 bits per heavy atom. The van der Waals surface area contributed by atoms with E-state index in [-0.39, 0.29) is 27.3 Å². The molecule has 0 amide bonds. The van der Waals surface area contributed by atoms with E-state index in [1.807, 2.05) is 6.08 Å². The monoisotopic (exact) mass is 783 g/mol. The molecule has 0 spiro atoms. The molecular weight excluding hydrogens is 721 g/mol. The van der Waals surface area contributed by atoms with E-state index in [9.17, 15) is 30.0 Å². The number of phenols is 2. The van der Waals surface area contributed by atoms with E-state index in [4.69, 9.17) is 23.2 Å². The number of allylic oxidation sites excluding steroid dienone is 1. The van der Waals surface area contributed by atoms with Crippen LogP contribution >= 0.6 is 23.2 Å². The molecule has 2 aromatic rings. The van der Waals surface area contributed by atoms with Crippen molar-refractivity contribution in [1.82, 2.24) is 6.15 Å². The highest BCUT2D eigenvalue weighted by Gasteiger charge is 2.60. The molecule has 4 saturated carbocycles. The highest BCUT2D eigenvalue weighted by molar-refractivity contribution is 6.33. The topological polar surface area (TPSA) is 150 Å². The smallest absolute Gasteiger partial charge is 0.339 e. The fourth-order valence-corrected chi connectivity index (χ4v) is 12.8. The van der Waals surface area contributed by atoms with Gasteiger partial charge in [0, 0.05) is 0 Å². The number of aromatic hydroxyl groups is 2. The number of hydrogen-bond donors (Lipinski definition) is 5. The molecule has 9 atom stereocenters. The van der Waals surface area contributed by atoms with E-state index in [1.54, 1.807) is 0 Å². The summed E-state index contributed by atoms with van der Waals surface area (Å²) in [6, 6.07) is 5.65. The molecule has 7 N–H and O–H groups in total. The molecular formula is C45H63Cl2NO6. The van der Waals surface area contributed by atoms with Gasteiger partial charge in [0.2, 0.25) is 0 Å². The van der Waals surface area contributed by atoms with Crippen LogP contribution in [0, 0.1) is 58.2 Å². The average molecular weight is 785 g/mol. The maximum absolute atomic E-state index is 12.0. The van der Waals surface area contributed by atoms with Gasteiger partial charge in [-0.25, -0.2) is 9.59 Å². The molecule has 0 radical (unpaired) electrons. The first-order valence-corrected chi connectivity index (χ1v) is 21.0. The van der Waals surface area contributed by atoms with Crippen LogP contribution in [0.2, 0.25) is 10.0 Å². The van der Waals surface area contributed by atoms with Crippen molar-refractivity contribution >= 4 is 40.7 Å². The summed E-state index contributed by atoms with van der Waals surface area (Å²) in [6.45, 7) is 12.6. The standard InChI is InChI=1S/C45H60Cl2O6.H3N/c1-25(2)8-6-9-26(3)35-14-15-36-32-13-12-30-20-27(16-18-44(30,4)37(32)17-19-45(35,36)5)10-7-11-31(28-21-33(42(50)51)40(48)38(46)23-28)29-22-34(43(52)53)41(49)39(47)24-29;/h11,21-27,30,32,35-37,48-49H,6-10,12-20H2,1-5H3,(H,50,51)(H,52,53);1H3/t26-,27+,30+,32+,35-,36+,37+,44+,45-;/m1./s1. The number of fused-ring (bicyclic) bond motifs is 5. The zero-order chi connectivity index (χ0) is 38.4. The van der Waals surface area contributed by atoms with Gasteiger partial charge in [-0.05, 0) is 170 Å². The van der Waals surface area contributed by atoms with Gasteiger partial charge in [-0.2, -0.15) is 0 Å². The Labute approximate surface area is 332 Å². The molecule has 4 aliphatic carbocycles. The minimum Gasteiger partial charge on any atom is -0.505 e. The normalized spacial score (nSPS) is 30.7. The lowest BCUT2D eigenvalue weighted by atomic mass is 9.44. The second-order valence-electron chi connectivity index (χ2n) is 18.3. The van der Waals surface area contributed by atoms with Crippen LogP contribution in [0.25, 0.3) is 5.57 Å².